The van der Waals surface area contributed by atoms with Crippen LogP contribution in [0, 0.1) is 5.82 Å². The molecule has 1 amide bonds. The molecule has 1 atom stereocenters. The quantitative estimate of drug-likeness (QED) is 0.835. The van der Waals surface area contributed by atoms with Crippen LogP contribution in [-0.4, -0.2) is 28.1 Å². The first-order valence-electron chi connectivity index (χ1n) is 7.26. The lowest BCUT2D eigenvalue weighted by Gasteiger charge is -2.17. The van der Waals surface area contributed by atoms with E-state index in [1.165, 1.54) is 24.3 Å². The normalized spacial score (nSPS) is 12.9. The Morgan fingerprint density at radius 1 is 1.32 bits per heavy atom. The van der Waals surface area contributed by atoms with Crippen LogP contribution in [0.1, 0.15) is 20.8 Å². The Balaban J connectivity index is 2.33. The van der Waals surface area contributed by atoms with Gasteiger partial charge in [-0.25, -0.2) is 9.18 Å². The summed E-state index contributed by atoms with van der Waals surface area (Å²) in [6.07, 6.45) is 0.966. The van der Waals surface area contributed by atoms with E-state index in [4.69, 9.17) is 22.1 Å². The van der Waals surface area contributed by atoms with Crippen molar-refractivity contribution in [1.82, 2.24) is 10.2 Å². The van der Waals surface area contributed by atoms with Gasteiger partial charge in [-0.15, -0.1) is 14.6 Å². The van der Waals surface area contributed by atoms with Crippen molar-refractivity contribution in [3.63, 3.8) is 0 Å². The van der Waals surface area contributed by atoms with Crippen LogP contribution < -0.4 is 5.73 Å². The molecule has 2 N–H and O–H groups in total. The van der Waals surface area contributed by atoms with Crippen LogP contribution in [0.5, 0.6) is 0 Å². The van der Waals surface area contributed by atoms with Crippen LogP contribution in [0.2, 0.25) is 5.02 Å². The molecule has 0 saturated carbocycles. The molecule has 0 spiro atoms. The third kappa shape index (κ3) is 5.20. The number of nitrogen functional groups attached to an aromatic ring is 1. The van der Waals surface area contributed by atoms with Gasteiger partial charge in [-0.1, -0.05) is 11.6 Å². The number of nitrogens with zero attached hydrogens (tertiary/aromatic N) is 3. The Labute approximate surface area is 152 Å². The minimum absolute atomic E-state index is 0.193. The lowest BCUT2D eigenvalue weighted by atomic mass is 10.1. The molecule has 0 fully saturated rings. The number of carbonyl (C=O) groups is 1. The zero-order valence-corrected chi connectivity index (χ0v) is 15.8. The summed E-state index contributed by atoms with van der Waals surface area (Å²) in [5, 5.41) is 8.68. The van der Waals surface area contributed by atoms with Gasteiger partial charge in [-0.05, 0) is 62.0 Å². The van der Waals surface area contributed by atoms with Crippen molar-refractivity contribution in [3.8, 4) is 11.3 Å². The van der Waals surface area contributed by atoms with Gasteiger partial charge in [0.1, 0.15) is 11.4 Å². The highest BCUT2D eigenvalue weighted by atomic mass is 35.5. The molecule has 0 bridgehead atoms. The van der Waals surface area contributed by atoms with Crippen molar-refractivity contribution >= 4 is 34.1 Å². The number of halogens is 2. The van der Waals surface area contributed by atoms with Crippen molar-refractivity contribution in [2.75, 3.05) is 12.0 Å². The van der Waals surface area contributed by atoms with Crippen LogP contribution in [0.15, 0.2) is 33.7 Å². The van der Waals surface area contributed by atoms with Crippen molar-refractivity contribution in [2.45, 2.75) is 31.4 Å². The van der Waals surface area contributed by atoms with Crippen molar-refractivity contribution < 1.29 is 13.9 Å². The molecule has 134 valence electrons. The maximum absolute atomic E-state index is 13.9. The van der Waals surface area contributed by atoms with E-state index in [0.29, 0.717) is 10.0 Å². The van der Waals surface area contributed by atoms with E-state index in [9.17, 15) is 9.18 Å². The second-order valence-corrected chi connectivity index (χ2v) is 8.13. The molecular formula is C16H18ClFN4O2S. The topological polar surface area (TPSA) is 90.5 Å². The summed E-state index contributed by atoms with van der Waals surface area (Å²) >= 11 is 5.89. The Bertz CT molecular complexity index is 853. The van der Waals surface area contributed by atoms with E-state index in [-0.39, 0.29) is 16.9 Å². The third-order valence-electron chi connectivity index (χ3n) is 2.88. The Hall–Kier alpha value is -2.06. The number of hydrogen-bond donors (Lipinski definition) is 1. The smallest absolute Gasteiger partial charge is 0.440 e. The maximum Gasteiger partial charge on any atom is 0.440 e. The number of aromatic nitrogens is 2. The molecule has 6 nitrogen and oxygen atoms in total. The van der Waals surface area contributed by atoms with E-state index in [1.54, 1.807) is 27.0 Å². The molecule has 2 rings (SSSR count). The van der Waals surface area contributed by atoms with Crippen molar-refractivity contribution in [1.29, 1.82) is 0 Å². The number of nitrogens with two attached hydrogens (primary N) is 1. The number of hydrogen-bond acceptors (Lipinski definition) is 5. The minimum Gasteiger partial charge on any atom is -0.442 e. The monoisotopic (exact) mass is 384 g/mol. The predicted molar refractivity (Wildman–Crippen MR) is 97.1 cm³/mol. The van der Waals surface area contributed by atoms with E-state index in [1.807, 2.05) is 0 Å². The van der Waals surface area contributed by atoms with Gasteiger partial charge in [0, 0.05) is 10.6 Å². The molecule has 9 heteroatoms. The van der Waals surface area contributed by atoms with Gasteiger partial charge in [0.2, 0.25) is 0 Å². The van der Waals surface area contributed by atoms with Gasteiger partial charge < -0.3 is 10.5 Å². The molecule has 0 radical (unpaired) electrons. The minimum atomic E-state index is -0.952. The van der Waals surface area contributed by atoms with Gasteiger partial charge in [0.25, 0.3) is 0 Å². The van der Waals surface area contributed by atoms with Crippen LogP contribution in [0.3, 0.4) is 0 Å². The van der Waals surface area contributed by atoms with Crippen LogP contribution in [0.4, 0.5) is 14.9 Å². The highest BCUT2D eigenvalue weighted by Gasteiger charge is 2.17. The molecule has 2 aromatic rings. The first-order chi connectivity index (χ1) is 11.6. The van der Waals surface area contributed by atoms with Gasteiger partial charge in [0.05, 0.1) is 11.4 Å². The van der Waals surface area contributed by atoms with E-state index < -0.39 is 28.2 Å². The molecule has 1 aromatic heterocycles. The number of rotatable bonds is 2. The summed E-state index contributed by atoms with van der Waals surface area (Å²) in [6.45, 7) is 5.24. The number of amides is 1. The Morgan fingerprint density at radius 2 is 2.00 bits per heavy atom. The summed E-state index contributed by atoms with van der Waals surface area (Å²) in [5.74, 6) is -0.486. The fourth-order valence-corrected chi connectivity index (χ4v) is 2.96. The molecule has 0 aliphatic rings. The molecule has 0 saturated heterocycles. The lowest BCUT2D eigenvalue weighted by molar-refractivity contribution is 0.0608. The summed E-state index contributed by atoms with van der Waals surface area (Å²) in [7, 11) is -0.952. The molecule has 1 aromatic carbocycles. The zero-order chi connectivity index (χ0) is 18.8. The largest absolute Gasteiger partial charge is 0.442 e. The number of ether oxygens (including phenoxy) is 1. The number of benzene rings is 1. The highest BCUT2D eigenvalue weighted by molar-refractivity contribution is 7.87. The maximum atomic E-state index is 13.9. The SMILES string of the molecule is C/S(=N/C(=O)OC(C)(C)C)c1nnc(-c2cc(Cl)ccc2F)cc1N. The zero-order valence-electron chi connectivity index (χ0n) is 14.2. The second kappa shape index (κ2) is 7.45. The van der Waals surface area contributed by atoms with E-state index in [0.717, 1.165) is 0 Å². The summed E-state index contributed by atoms with van der Waals surface area (Å²) in [5.41, 5.74) is 6.04. The lowest BCUT2D eigenvalue weighted by Crippen LogP contribution is -2.22. The molecule has 0 aliphatic heterocycles. The molecule has 1 heterocycles. The third-order valence-corrected chi connectivity index (χ3v) is 4.41. The summed E-state index contributed by atoms with van der Waals surface area (Å²) in [4.78, 5) is 11.8. The fourth-order valence-electron chi connectivity index (χ4n) is 1.89. The Morgan fingerprint density at radius 3 is 2.60 bits per heavy atom. The highest BCUT2D eigenvalue weighted by Crippen LogP contribution is 2.27. The molecule has 1 unspecified atom stereocenters. The van der Waals surface area contributed by atoms with Gasteiger partial charge in [0.15, 0.2) is 5.03 Å². The average molecular weight is 385 g/mol. The molecule has 25 heavy (non-hydrogen) atoms. The summed E-state index contributed by atoms with van der Waals surface area (Å²) < 4.78 is 23.0. The van der Waals surface area contributed by atoms with Crippen LogP contribution in [-0.2, 0) is 15.4 Å². The standard InChI is InChI=1S/C16H18ClFN4O2S/c1-16(2,3)24-15(23)22-25(4)14-12(19)8-13(20-21-14)10-7-9(17)5-6-11(10)18/h5-8H,1-4H3,(H2,19,20). The average Bonchev–Trinajstić information content (AvgIpc) is 2.47. The summed E-state index contributed by atoms with van der Waals surface area (Å²) in [6, 6.07) is 5.60. The first kappa shape index (κ1) is 19.3. The van der Waals surface area contributed by atoms with Crippen molar-refractivity contribution in [2.24, 2.45) is 4.36 Å². The van der Waals surface area contributed by atoms with Crippen LogP contribution in [0.25, 0.3) is 11.3 Å². The first-order valence-corrected chi connectivity index (χ1v) is 9.23. The van der Waals surface area contributed by atoms with Crippen LogP contribution >= 0.6 is 11.6 Å². The van der Waals surface area contributed by atoms with Gasteiger partial charge >= 0.3 is 6.09 Å². The second-order valence-electron chi connectivity index (χ2n) is 6.16. The number of anilines is 1. The van der Waals surface area contributed by atoms with E-state index in [2.05, 4.69) is 14.6 Å². The van der Waals surface area contributed by atoms with Gasteiger partial charge in [-0.3, -0.25) is 0 Å². The molecule has 0 aliphatic carbocycles. The van der Waals surface area contributed by atoms with E-state index >= 15 is 0 Å². The Kier molecular flexibility index (Phi) is 5.74. The van der Waals surface area contributed by atoms with Crippen molar-refractivity contribution in [3.05, 3.63) is 35.1 Å². The molecular weight excluding hydrogens is 367 g/mol. The predicted octanol–water partition coefficient (Wildman–Crippen LogP) is 4.24. The number of carbonyl (C=O) groups excluding carboxylic acids is 1. The fraction of sp³-hybridized carbons (Fsp3) is 0.312. The van der Waals surface area contributed by atoms with Gasteiger partial charge in [-0.2, -0.15) is 0 Å².